The number of amides is 1. The van der Waals surface area contributed by atoms with Gasteiger partial charge in [-0.25, -0.2) is 9.18 Å². The van der Waals surface area contributed by atoms with Crippen LogP contribution in [0.5, 0.6) is 5.75 Å². The summed E-state index contributed by atoms with van der Waals surface area (Å²) in [5, 5.41) is 11.7. The molecule has 1 aliphatic rings. The molecule has 1 atom stereocenters. The highest BCUT2D eigenvalue weighted by atomic mass is 32.1. The van der Waals surface area contributed by atoms with Gasteiger partial charge in [0.15, 0.2) is 5.13 Å². The number of carbonyl (C=O) groups excluding carboxylic acids is 1. The standard InChI is InChI=1S/C30H25F2NO5S/c1-17(19-4-3-5-22(31)14-19)38-29(36)33-24-16-26(32)39-27(24)20-8-11-23(25(15-20)37-2)18-6-9-21(10-7-18)30(12-13-30)28(34)35/h3-11,14-17H,12-13H2,1-2H3,(H,33,36)(H,34,35). The average molecular weight is 550 g/mol. The van der Waals surface area contributed by atoms with Crippen LogP contribution in [0.25, 0.3) is 21.6 Å². The van der Waals surface area contributed by atoms with Crippen LogP contribution in [-0.4, -0.2) is 24.3 Å². The lowest BCUT2D eigenvalue weighted by Crippen LogP contribution is -2.19. The second kappa shape index (κ2) is 10.5. The fraction of sp³-hybridized carbons (Fsp3) is 0.200. The molecular weight excluding hydrogens is 524 g/mol. The highest BCUT2D eigenvalue weighted by molar-refractivity contribution is 7.14. The lowest BCUT2D eigenvalue weighted by atomic mass is 9.93. The number of carboxylic acid groups (broad SMARTS) is 1. The van der Waals surface area contributed by atoms with Crippen molar-refractivity contribution in [1.29, 1.82) is 0 Å². The summed E-state index contributed by atoms with van der Waals surface area (Å²) in [7, 11) is 1.53. The lowest BCUT2D eigenvalue weighted by Gasteiger charge is -2.15. The number of thiophene rings is 1. The number of hydrogen-bond donors (Lipinski definition) is 2. The molecule has 1 aliphatic carbocycles. The molecule has 6 nitrogen and oxygen atoms in total. The molecule has 0 spiro atoms. The van der Waals surface area contributed by atoms with Crippen LogP contribution in [0.4, 0.5) is 19.3 Å². The van der Waals surface area contributed by atoms with Crippen molar-refractivity contribution in [2.75, 3.05) is 12.4 Å². The number of methoxy groups -OCH3 is 1. The predicted molar refractivity (Wildman–Crippen MR) is 145 cm³/mol. The Kier molecular flexibility index (Phi) is 7.10. The van der Waals surface area contributed by atoms with Crippen molar-refractivity contribution >= 4 is 29.1 Å². The Morgan fingerprint density at radius 3 is 2.36 bits per heavy atom. The molecule has 0 saturated heterocycles. The molecule has 0 radical (unpaired) electrons. The van der Waals surface area contributed by atoms with Crippen molar-refractivity contribution in [2.45, 2.75) is 31.3 Å². The van der Waals surface area contributed by atoms with E-state index in [4.69, 9.17) is 9.47 Å². The molecule has 1 unspecified atom stereocenters. The van der Waals surface area contributed by atoms with Crippen LogP contribution < -0.4 is 10.1 Å². The van der Waals surface area contributed by atoms with Crippen LogP contribution in [0, 0.1) is 10.9 Å². The number of nitrogens with one attached hydrogen (secondary N) is 1. The maximum Gasteiger partial charge on any atom is 0.412 e. The van der Waals surface area contributed by atoms with E-state index in [2.05, 4.69) is 5.32 Å². The van der Waals surface area contributed by atoms with Crippen LogP contribution in [-0.2, 0) is 14.9 Å². The summed E-state index contributed by atoms with van der Waals surface area (Å²) < 4.78 is 38.8. The molecule has 1 aromatic heterocycles. The first kappa shape index (κ1) is 26.4. The fourth-order valence-corrected chi connectivity index (χ4v) is 5.42. The zero-order valence-corrected chi connectivity index (χ0v) is 22.0. The van der Waals surface area contributed by atoms with Gasteiger partial charge in [-0.2, -0.15) is 4.39 Å². The predicted octanol–water partition coefficient (Wildman–Crippen LogP) is 7.79. The molecule has 3 aromatic carbocycles. The summed E-state index contributed by atoms with van der Waals surface area (Å²) in [5.41, 5.74) is 2.96. The molecular formula is C30H25F2NO5S. The van der Waals surface area contributed by atoms with E-state index in [1.807, 2.05) is 30.3 Å². The van der Waals surface area contributed by atoms with Gasteiger partial charge in [-0.3, -0.25) is 10.1 Å². The summed E-state index contributed by atoms with van der Waals surface area (Å²) in [6, 6.07) is 19.7. The molecule has 4 aromatic rings. The van der Waals surface area contributed by atoms with Crippen molar-refractivity contribution < 1.29 is 33.0 Å². The maximum atomic E-state index is 14.3. The molecule has 1 fully saturated rings. The van der Waals surface area contributed by atoms with E-state index in [1.54, 1.807) is 25.1 Å². The summed E-state index contributed by atoms with van der Waals surface area (Å²) in [6.45, 7) is 1.62. The summed E-state index contributed by atoms with van der Waals surface area (Å²) in [6.07, 6.45) is -0.261. The molecule has 1 amide bonds. The SMILES string of the molecule is COc1cc(-c2sc(F)cc2NC(=O)OC(C)c2cccc(F)c2)ccc1-c1ccc(C2(C(=O)O)CC2)cc1. The molecule has 5 rings (SSSR count). The van der Waals surface area contributed by atoms with Gasteiger partial charge < -0.3 is 14.6 Å². The summed E-state index contributed by atoms with van der Waals surface area (Å²) in [4.78, 5) is 24.7. The zero-order chi connectivity index (χ0) is 27.7. The third-order valence-corrected chi connectivity index (χ3v) is 7.88. The number of halogens is 2. The molecule has 1 heterocycles. The van der Waals surface area contributed by atoms with Gasteiger partial charge >= 0.3 is 12.1 Å². The molecule has 0 bridgehead atoms. The lowest BCUT2D eigenvalue weighted by molar-refractivity contribution is -0.140. The first-order chi connectivity index (χ1) is 18.7. The van der Waals surface area contributed by atoms with E-state index >= 15 is 0 Å². The van der Waals surface area contributed by atoms with Crippen molar-refractivity contribution in [3.8, 4) is 27.3 Å². The second-order valence-electron chi connectivity index (χ2n) is 9.40. The summed E-state index contributed by atoms with van der Waals surface area (Å²) >= 11 is 0.864. The van der Waals surface area contributed by atoms with Gasteiger partial charge in [0.05, 0.1) is 23.1 Å². The quantitative estimate of drug-likeness (QED) is 0.234. The number of benzene rings is 3. The van der Waals surface area contributed by atoms with Crippen molar-refractivity contribution in [2.24, 2.45) is 0 Å². The van der Waals surface area contributed by atoms with Gasteiger partial charge in [-0.1, -0.05) is 48.5 Å². The van der Waals surface area contributed by atoms with Gasteiger partial charge in [-0.15, -0.1) is 11.3 Å². The van der Waals surface area contributed by atoms with Crippen molar-refractivity contribution in [1.82, 2.24) is 0 Å². The number of ether oxygens (including phenoxy) is 2. The normalized spacial score (nSPS) is 14.4. The van der Waals surface area contributed by atoms with E-state index in [0.717, 1.165) is 28.0 Å². The minimum absolute atomic E-state index is 0.233. The maximum absolute atomic E-state index is 14.3. The Morgan fingerprint density at radius 1 is 1.00 bits per heavy atom. The minimum atomic E-state index is -0.808. The number of carboxylic acids is 1. The third kappa shape index (κ3) is 5.35. The molecule has 200 valence electrons. The number of aliphatic carboxylic acids is 1. The van der Waals surface area contributed by atoms with Crippen molar-refractivity contribution in [3.05, 3.63) is 94.9 Å². The van der Waals surface area contributed by atoms with Crippen LogP contribution in [0.1, 0.15) is 37.0 Å². The number of anilines is 1. The summed E-state index contributed by atoms with van der Waals surface area (Å²) in [5.74, 6) is -0.718. The van der Waals surface area contributed by atoms with Gasteiger partial charge in [0.2, 0.25) is 0 Å². The van der Waals surface area contributed by atoms with E-state index in [0.29, 0.717) is 34.6 Å². The largest absolute Gasteiger partial charge is 0.496 e. The third-order valence-electron chi connectivity index (χ3n) is 6.91. The van der Waals surface area contributed by atoms with Crippen LogP contribution in [0.15, 0.2) is 72.8 Å². The Labute approximate surface area is 227 Å². The van der Waals surface area contributed by atoms with Gasteiger partial charge in [0.1, 0.15) is 17.7 Å². The first-order valence-electron chi connectivity index (χ1n) is 12.3. The topological polar surface area (TPSA) is 84.9 Å². The Morgan fingerprint density at radius 2 is 1.72 bits per heavy atom. The smallest absolute Gasteiger partial charge is 0.412 e. The Balaban J connectivity index is 1.36. The van der Waals surface area contributed by atoms with E-state index in [9.17, 15) is 23.5 Å². The van der Waals surface area contributed by atoms with Crippen molar-refractivity contribution in [3.63, 3.8) is 0 Å². The minimum Gasteiger partial charge on any atom is -0.496 e. The zero-order valence-electron chi connectivity index (χ0n) is 21.2. The molecule has 39 heavy (non-hydrogen) atoms. The average Bonchev–Trinajstić information content (AvgIpc) is 3.66. The fourth-order valence-electron chi connectivity index (χ4n) is 4.59. The number of carbonyl (C=O) groups is 2. The highest BCUT2D eigenvalue weighted by Gasteiger charge is 2.51. The highest BCUT2D eigenvalue weighted by Crippen LogP contribution is 2.49. The second-order valence-corrected chi connectivity index (χ2v) is 10.4. The number of rotatable bonds is 8. The molecule has 9 heteroatoms. The Bertz CT molecular complexity index is 1550. The van der Waals surface area contributed by atoms with E-state index < -0.39 is 34.5 Å². The van der Waals surface area contributed by atoms with Gasteiger partial charge in [0, 0.05) is 11.6 Å². The number of hydrogen-bond acceptors (Lipinski definition) is 5. The van der Waals surface area contributed by atoms with Crippen LogP contribution in [0.3, 0.4) is 0 Å². The van der Waals surface area contributed by atoms with Crippen LogP contribution in [0.2, 0.25) is 0 Å². The monoisotopic (exact) mass is 549 g/mol. The first-order valence-corrected chi connectivity index (χ1v) is 13.1. The molecule has 2 N–H and O–H groups in total. The van der Waals surface area contributed by atoms with Gasteiger partial charge in [0.25, 0.3) is 0 Å². The van der Waals surface area contributed by atoms with Crippen LogP contribution >= 0.6 is 11.3 Å². The van der Waals surface area contributed by atoms with E-state index in [1.165, 1.54) is 31.4 Å². The van der Waals surface area contributed by atoms with Gasteiger partial charge in [-0.05, 0) is 60.2 Å². The molecule has 1 saturated carbocycles. The Hall–Kier alpha value is -4.24. The van der Waals surface area contributed by atoms with E-state index in [-0.39, 0.29) is 5.69 Å². The molecule has 0 aliphatic heterocycles.